The predicted octanol–water partition coefficient (Wildman–Crippen LogP) is 3.86. The first-order valence-electron chi connectivity index (χ1n) is 9.13. The summed E-state index contributed by atoms with van der Waals surface area (Å²) in [5, 5.41) is 3.35. The fourth-order valence-corrected chi connectivity index (χ4v) is 4.34. The number of nitrogens with zero attached hydrogens (tertiary/aromatic N) is 1. The summed E-state index contributed by atoms with van der Waals surface area (Å²) in [6, 6.07) is 21.6. The van der Waals surface area contributed by atoms with Crippen LogP contribution in [-0.2, 0) is 21.4 Å². The third kappa shape index (κ3) is 5.31. The molecular weight excluding hydrogens is 424 g/mol. The summed E-state index contributed by atoms with van der Waals surface area (Å²) in [6.45, 7) is -0.102. The van der Waals surface area contributed by atoms with E-state index in [1.54, 1.807) is 66.7 Å². The molecule has 0 aliphatic rings. The van der Waals surface area contributed by atoms with Gasteiger partial charge in [0.1, 0.15) is 12.3 Å². The molecule has 6 nitrogen and oxygen atoms in total. The monoisotopic (exact) mass is 444 g/mol. The number of rotatable bonds is 8. The second-order valence-electron chi connectivity index (χ2n) is 6.43. The van der Waals surface area contributed by atoms with E-state index < -0.39 is 15.9 Å². The third-order valence-electron chi connectivity index (χ3n) is 4.38. The van der Waals surface area contributed by atoms with E-state index in [1.165, 1.54) is 19.2 Å². The Morgan fingerprint density at radius 3 is 2.20 bits per heavy atom. The Morgan fingerprint density at radius 2 is 1.60 bits per heavy atom. The van der Waals surface area contributed by atoms with Crippen molar-refractivity contribution in [1.82, 2.24) is 5.32 Å². The molecule has 0 fully saturated rings. The quantitative estimate of drug-likeness (QED) is 0.572. The van der Waals surface area contributed by atoms with Gasteiger partial charge in [0.2, 0.25) is 5.91 Å². The smallest absolute Gasteiger partial charge is 0.264 e. The number of anilines is 1. The van der Waals surface area contributed by atoms with Crippen LogP contribution in [0.1, 0.15) is 5.56 Å². The van der Waals surface area contributed by atoms with Gasteiger partial charge < -0.3 is 10.1 Å². The molecule has 0 radical (unpaired) electrons. The lowest BCUT2D eigenvalue weighted by atomic mass is 10.2. The van der Waals surface area contributed by atoms with Crippen molar-refractivity contribution in [2.24, 2.45) is 0 Å². The van der Waals surface area contributed by atoms with E-state index in [2.05, 4.69) is 5.32 Å². The molecular formula is C22H21ClN2O4S. The normalized spacial score (nSPS) is 11.0. The fraction of sp³-hybridized carbons (Fsp3) is 0.136. The van der Waals surface area contributed by atoms with Crippen molar-refractivity contribution in [1.29, 1.82) is 0 Å². The van der Waals surface area contributed by atoms with Crippen molar-refractivity contribution >= 4 is 33.2 Å². The molecule has 0 unspecified atom stereocenters. The van der Waals surface area contributed by atoms with Crippen molar-refractivity contribution in [3.63, 3.8) is 0 Å². The van der Waals surface area contributed by atoms with Crippen LogP contribution in [0.2, 0.25) is 5.02 Å². The first-order chi connectivity index (χ1) is 14.4. The van der Waals surface area contributed by atoms with E-state index in [0.29, 0.717) is 16.5 Å². The standard InChI is InChI=1S/C22H21ClN2O4S/c1-29-20-13-11-19(12-14-20)25(30(27,28)21-5-3-2-4-6-21)16-22(26)24-15-17-7-9-18(23)10-8-17/h2-14H,15-16H2,1H3,(H,24,26). The van der Waals surface area contributed by atoms with Crippen molar-refractivity contribution in [3.05, 3.63) is 89.4 Å². The van der Waals surface area contributed by atoms with Crippen LogP contribution in [-0.4, -0.2) is 28.0 Å². The largest absolute Gasteiger partial charge is 0.497 e. The van der Waals surface area contributed by atoms with Crippen LogP contribution in [0.15, 0.2) is 83.8 Å². The Bertz CT molecular complexity index is 1090. The topological polar surface area (TPSA) is 75.7 Å². The summed E-state index contributed by atoms with van der Waals surface area (Å²) in [6.07, 6.45) is 0. The molecule has 0 heterocycles. The first-order valence-corrected chi connectivity index (χ1v) is 10.9. The summed E-state index contributed by atoms with van der Waals surface area (Å²) in [5.74, 6) is 0.156. The highest BCUT2D eigenvalue weighted by molar-refractivity contribution is 7.92. The zero-order valence-electron chi connectivity index (χ0n) is 16.3. The second-order valence-corrected chi connectivity index (χ2v) is 8.72. The van der Waals surface area contributed by atoms with E-state index in [4.69, 9.17) is 16.3 Å². The van der Waals surface area contributed by atoms with Gasteiger partial charge in [0, 0.05) is 11.6 Å². The molecule has 156 valence electrons. The van der Waals surface area contributed by atoms with Gasteiger partial charge in [0.05, 0.1) is 17.7 Å². The fourth-order valence-electron chi connectivity index (χ4n) is 2.77. The molecule has 0 atom stereocenters. The Kier molecular flexibility index (Phi) is 6.97. The van der Waals surface area contributed by atoms with Gasteiger partial charge in [-0.3, -0.25) is 9.10 Å². The van der Waals surface area contributed by atoms with Gasteiger partial charge in [-0.05, 0) is 54.1 Å². The Labute approximate surface area is 181 Å². The number of nitrogens with one attached hydrogen (secondary N) is 1. The molecule has 30 heavy (non-hydrogen) atoms. The average Bonchev–Trinajstić information content (AvgIpc) is 2.77. The molecule has 0 aliphatic carbocycles. The van der Waals surface area contributed by atoms with E-state index in [1.807, 2.05) is 0 Å². The van der Waals surface area contributed by atoms with Crippen LogP contribution in [0.5, 0.6) is 5.75 Å². The van der Waals surface area contributed by atoms with Gasteiger partial charge in [0.15, 0.2) is 0 Å². The zero-order chi connectivity index (χ0) is 21.6. The number of carbonyl (C=O) groups is 1. The van der Waals surface area contributed by atoms with Crippen molar-refractivity contribution in [2.75, 3.05) is 18.0 Å². The van der Waals surface area contributed by atoms with Crippen LogP contribution in [0, 0.1) is 0 Å². The van der Waals surface area contributed by atoms with Crippen LogP contribution < -0.4 is 14.4 Å². The number of amides is 1. The summed E-state index contributed by atoms with van der Waals surface area (Å²) < 4.78 is 32.7. The van der Waals surface area contributed by atoms with Crippen molar-refractivity contribution < 1.29 is 17.9 Å². The highest BCUT2D eigenvalue weighted by Crippen LogP contribution is 2.25. The minimum Gasteiger partial charge on any atom is -0.497 e. The molecule has 0 spiro atoms. The van der Waals surface area contributed by atoms with E-state index >= 15 is 0 Å². The third-order valence-corrected chi connectivity index (χ3v) is 6.42. The molecule has 0 saturated carbocycles. The van der Waals surface area contributed by atoms with E-state index in [0.717, 1.165) is 9.87 Å². The molecule has 8 heteroatoms. The lowest BCUT2D eigenvalue weighted by molar-refractivity contribution is -0.119. The minimum atomic E-state index is -3.94. The lowest BCUT2D eigenvalue weighted by Gasteiger charge is -2.24. The number of benzene rings is 3. The highest BCUT2D eigenvalue weighted by atomic mass is 35.5. The van der Waals surface area contributed by atoms with Crippen LogP contribution in [0.3, 0.4) is 0 Å². The van der Waals surface area contributed by atoms with Gasteiger partial charge in [-0.1, -0.05) is 41.9 Å². The number of hydrogen-bond acceptors (Lipinski definition) is 4. The summed E-state index contributed by atoms with van der Waals surface area (Å²) >= 11 is 5.87. The lowest BCUT2D eigenvalue weighted by Crippen LogP contribution is -2.40. The zero-order valence-corrected chi connectivity index (χ0v) is 17.9. The molecule has 0 saturated heterocycles. The maximum absolute atomic E-state index is 13.2. The molecule has 1 amide bonds. The van der Waals surface area contributed by atoms with Gasteiger partial charge >= 0.3 is 0 Å². The summed E-state index contributed by atoms with van der Waals surface area (Å²) in [7, 11) is -2.42. The summed E-state index contributed by atoms with van der Waals surface area (Å²) in [5.41, 5.74) is 1.22. The van der Waals surface area contributed by atoms with E-state index in [9.17, 15) is 13.2 Å². The number of carbonyl (C=O) groups excluding carboxylic acids is 1. The number of hydrogen-bond donors (Lipinski definition) is 1. The summed E-state index contributed by atoms with van der Waals surface area (Å²) in [4.78, 5) is 12.7. The van der Waals surface area contributed by atoms with Crippen molar-refractivity contribution in [3.8, 4) is 5.75 Å². The van der Waals surface area contributed by atoms with Crippen LogP contribution in [0.25, 0.3) is 0 Å². The molecule has 3 aromatic rings. The number of methoxy groups -OCH3 is 1. The number of ether oxygens (including phenoxy) is 1. The van der Waals surface area contributed by atoms with Gasteiger partial charge in [0.25, 0.3) is 10.0 Å². The minimum absolute atomic E-state index is 0.103. The Hall–Kier alpha value is -3.03. The van der Waals surface area contributed by atoms with Gasteiger partial charge in [-0.15, -0.1) is 0 Å². The molecule has 1 N–H and O–H groups in total. The average molecular weight is 445 g/mol. The van der Waals surface area contributed by atoms with Gasteiger partial charge in [-0.2, -0.15) is 0 Å². The number of sulfonamides is 1. The molecule has 0 aliphatic heterocycles. The predicted molar refractivity (Wildman–Crippen MR) is 117 cm³/mol. The maximum atomic E-state index is 13.2. The molecule has 3 aromatic carbocycles. The molecule has 0 bridgehead atoms. The maximum Gasteiger partial charge on any atom is 0.264 e. The molecule has 3 rings (SSSR count). The number of halogens is 1. The van der Waals surface area contributed by atoms with Crippen LogP contribution >= 0.6 is 11.6 Å². The van der Waals surface area contributed by atoms with E-state index in [-0.39, 0.29) is 18.0 Å². The Morgan fingerprint density at radius 1 is 0.967 bits per heavy atom. The van der Waals surface area contributed by atoms with Gasteiger partial charge in [-0.25, -0.2) is 8.42 Å². The second kappa shape index (κ2) is 9.65. The highest BCUT2D eigenvalue weighted by Gasteiger charge is 2.27. The SMILES string of the molecule is COc1ccc(N(CC(=O)NCc2ccc(Cl)cc2)S(=O)(=O)c2ccccc2)cc1. The first kappa shape index (κ1) is 21.7. The van der Waals surface area contributed by atoms with Crippen molar-refractivity contribution in [2.45, 2.75) is 11.4 Å². The Balaban J connectivity index is 1.83. The van der Waals surface area contributed by atoms with Crippen LogP contribution in [0.4, 0.5) is 5.69 Å². The molecule has 0 aromatic heterocycles.